The highest BCUT2D eigenvalue weighted by Crippen LogP contribution is 2.36. The molecule has 2 heterocycles. The van der Waals surface area contributed by atoms with E-state index in [1.54, 1.807) is 6.07 Å². The highest BCUT2D eigenvalue weighted by molar-refractivity contribution is 5.87. The number of aromatic nitrogens is 1. The van der Waals surface area contributed by atoms with Gasteiger partial charge in [0.1, 0.15) is 5.69 Å². The lowest BCUT2D eigenvalue weighted by Gasteiger charge is -2.33. The molecule has 4 nitrogen and oxygen atoms in total. The van der Waals surface area contributed by atoms with E-state index in [2.05, 4.69) is 48.1 Å². The second-order valence-electron chi connectivity index (χ2n) is 6.31. The van der Waals surface area contributed by atoms with Crippen LogP contribution >= 0.6 is 0 Å². The Labute approximate surface area is 135 Å². The molecule has 0 unspecified atom stereocenters. The Hall–Kier alpha value is -2.80. The number of rotatable bonds is 1. The van der Waals surface area contributed by atoms with Gasteiger partial charge in [-0.1, -0.05) is 19.8 Å². The fourth-order valence-corrected chi connectivity index (χ4v) is 2.71. The van der Waals surface area contributed by atoms with Gasteiger partial charge in [0.2, 0.25) is 0 Å². The predicted octanol–water partition coefficient (Wildman–Crippen LogP) is 3.27. The van der Waals surface area contributed by atoms with Gasteiger partial charge >= 0.3 is 5.97 Å². The SMILES string of the molecule is CC1(C)CCNc2ccc(C#Cc3ccc(C(=O)O)cn3)cc21. The van der Waals surface area contributed by atoms with Gasteiger partial charge in [0, 0.05) is 24.0 Å². The lowest BCUT2D eigenvalue weighted by atomic mass is 9.78. The first-order chi connectivity index (χ1) is 11.0. The lowest BCUT2D eigenvalue weighted by molar-refractivity contribution is 0.0696. The fourth-order valence-electron chi connectivity index (χ4n) is 2.71. The summed E-state index contributed by atoms with van der Waals surface area (Å²) >= 11 is 0. The lowest BCUT2D eigenvalue weighted by Crippen LogP contribution is -2.28. The molecule has 2 N–H and O–H groups in total. The summed E-state index contributed by atoms with van der Waals surface area (Å²) in [6.07, 6.45) is 2.42. The minimum Gasteiger partial charge on any atom is -0.478 e. The Kier molecular flexibility index (Phi) is 3.79. The number of hydrogen-bond acceptors (Lipinski definition) is 3. The zero-order valence-electron chi connectivity index (χ0n) is 13.2. The van der Waals surface area contributed by atoms with E-state index in [0.717, 1.165) is 18.5 Å². The van der Waals surface area contributed by atoms with E-state index >= 15 is 0 Å². The Morgan fingerprint density at radius 2 is 2.09 bits per heavy atom. The molecule has 0 atom stereocenters. The summed E-state index contributed by atoms with van der Waals surface area (Å²) in [6, 6.07) is 9.33. The first kappa shape index (κ1) is 15.1. The number of hydrogen-bond donors (Lipinski definition) is 2. The van der Waals surface area contributed by atoms with Crippen LogP contribution in [-0.2, 0) is 5.41 Å². The van der Waals surface area contributed by atoms with E-state index < -0.39 is 5.97 Å². The number of carboxylic acids is 1. The van der Waals surface area contributed by atoms with E-state index in [0.29, 0.717) is 5.69 Å². The molecule has 0 saturated carbocycles. The molecule has 0 radical (unpaired) electrons. The molecule has 1 aromatic carbocycles. The second-order valence-corrected chi connectivity index (χ2v) is 6.31. The van der Waals surface area contributed by atoms with Crippen LogP contribution in [0.25, 0.3) is 0 Å². The van der Waals surface area contributed by atoms with Crippen molar-refractivity contribution >= 4 is 11.7 Å². The maximum absolute atomic E-state index is 10.8. The molecule has 23 heavy (non-hydrogen) atoms. The number of nitrogens with zero attached hydrogens (tertiary/aromatic N) is 1. The van der Waals surface area contributed by atoms with Crippen LogP contribution in [0.3, 0.4) is 0 Å². The van der Waals surface area contributed by atoms with Crippen LogP contribution in [0.4, 0.5) is 5.69 Å². The van der Waals surface area contributed by atoms with Gasteiger partial charge in [-0.3, -0.25) is 0 Å². The minimum absolute atomic E-state index is 0.139. The summed E-state index contributed by atoms with van der Waals surface area (Å²) in [6.45, 7) is 5.48. The van der Waals surface area contributed by atoms with Gasteiger partial charge in [-0.05, 0) is 53.7 Å². The van der Waals surface area contributed by atoms with Gasteiger partial charge in [0.15, 0.2) is 0 Å². The van der Waals surface area contributed by atoms with Gasteiger partial charge in [0.25, 0.3) is 0 Å². The van der Waals surface area contributed by atoms with Gasteiger partial charge < -0.3 is 10.4 Å². The number of benzene rings is 1. The van der Waals surface area contributed by atoms with Crippen molar-refractivity contribution in [3.05, 3.63) is 58.9 Å². The summed E-state index contributed by atoms with van der Waals surface area (Å²) in [5.41, 5.74) is 4.26. The normalized spacial score (nSPS) is 14.9. The first-order valence-corrected chi connectivity index (χ1v) is 7.55. The van der Waals surface area contributed by atoms with E-state index in [9.17, 15) is 4.79 Å². The molecule has 0 fully saturated rings. The van der Waals surface area contributed by atoms with Gasteiger partial charge in [-0.25, -0.2) is 9.78 Å². The van der Waals surface area contributed by atoms with Crippen LogP contribution in [0.2, 0.25) is 0 Å². The molecular formula is C19H18N2O2. The third-order valence-corrected chi connectivity index (χ3v) is 4.16. The molecule has 0 saturated heterocycles. The van der Waals surface area contributed by atoms with Crippen molar-refractivity contribution in [2.75, 3.05) is 11.9 Å². The van der Waals surface area contributed by atoms with Gasteiger partial charge in [-0.15, -0.1) is 0 Å². The molecule has 1 aliphatic rings. The van der Waals surface area contributed by atoms with Crippen LogP contribution in [0.1, 0.15) is 47.4 Å². The van der Waals surface area contributed by atoms with Crippen molar-refractivity contribution < 1.29 is 9.90 Å². The maximum Gasteiger partial charge on any atom is 0.337 e. The number of carboxylic acid groups (broad SMARTS) is 1. The Morgan fingerprint density at radius 3 is 2.78 bits per heavy atom. The summed E-state index contributed by atoms with van der Waals surface area (Å²) in [7, 11) is 0. The van der Waals surface area contributed by atoms with Crippen molar-refractivity contribution in [3.8, 4) is 11.8 Å². The summed E-state index contributed by atoms with van der Waals surface area (Å²) in [5, 5.41) is 12.3. The molecule has 0 spiro atoms. The van der Waals surface area contributed by atoms with E-state index in [4.69, 9.17) is 5.11 Å². The van der Waals surface area contributed by atoms with E-state index in [1.807, 2.05) is 6.07 Å². The summed E-state index contributed by atoms with van der Waals surface area (Å²) < 4.78 is 0. The Bertz CT molecular complexity index is 811. The van der Waals surface area contributed by atoms with Crippen molar-refractivity contribution in [2.24, 2.45) is 0 Å². The number of fused-ring (bicyclic) bond motifs is 1. The zero-order valence-corrected chi connectivity index (χ0v) is 13.2. The predicted molar refractivity (Wildman–Crippen MR) is 89.8 cm³/mol. The highest BCUT2D eigenvalue weighted by Gasteiger charge is 2.27. The van der Waals surface area contributed by atoms with Gasteiger partial charge in [-0.2, -0.15) is 0 Å². The summed E-state index contributed by atoms with van der Waals surface area (Å²) in [5.74, 6) is 5.11. The molecular weight excluding hydrogens is 288 g/mol. The molecule has 0 bridgehead atoms. The van der Waals surface area contributed by atoms with E-state index in [-0.39, 0.29) is 11.0 Å². The first-order valence-electron chi connectivity index (χ1n) is 7.55. The van der Waals surface area contributed by atoms with Crippen LogP contribution < -0.4 is 5.32 Å². The smallest absolute Gasteiger partial charge is 0.337 e. The largest absolute Gasteiger partial charge is 0.478 e. The molecule has 0 aliphatic carbocycles. The Morgan fingerprint density at radius 1 is 1.26 bits per heavy atom. The molecule has 1 aliphatic heterocycles. The van der Waals surface area contributed by atoms with Gasteiger partial charge in [0.05, 0.1) is 5.56 Å². The molecule has 3 rings (SSSR count). The minimum atomic E-state index is -0.985. The second kappa shape index (κ2) is 5.77. The fraction of sp³-hybridized carbons (Fsp3) is 0.263. The van der Waals surface area contributed by atoms with Crippen molar-refractivity contribution in [2.45, 2.75) is 25.7 Å². The number of nitrogens with one attached hydrogen (secondary N) is 1. The number of carbonyl (C=O) groups is 1. The highest BCUT2D eigenvalue weighted by atomic mass is 16.4. The zero-order chi connectivity index (χ0) is 16.4. The molecule has 4 heteroatoms. The number of aromatic carboxylic acids is 1. The topological polar surface area (TPSA) is 62.2 Å². The van der Waals surface area contributed by atoms with Crippen LogP contribution in [0.15, 0.2) is 36.5 Å². The van der Waals surface area contributed by atoms with Crippen molar-refractivity contribution in [1.29, 1.82) is 0 Å². The van der Waals surface area contributed by atoms with Crippen molar-refractivity contribution in [3.63, 3.8) is 0 Å². The molecule has 1 aromatic heterocycles. The van der Waals surface area contributed by atoms with Crippen LogP contribution in [-0.4, -0.2) is 22.6 Å². The number of pyridine rings is 1. The monoisotopic (exact) mass is 306 g/mol. The maximum atomic E-state index is 10.8. The van der Waals surface area contributed by atoms with E-state index in [1.165, 1.54) is 23.5 Å². The molecule has 116 valence electrons. The van der Waals surface area contributed by atoms with Crippen molar-refractivity contribution in [1.82, 2.24) is 4.98 Å². The third kappa shape index (κ3) is 3.19. The van der Waals surface area contributed by atoms with Crippen LogP contribution in [0, 0.1) is 11.8 Å². The molecule has 0 amide bonds. The summed E-state index contributed by atoms with van der Waals surface area (Å²) in [4.78, 5) is 14.9. The standard InChI is InChI=1S/C19H18N2O2/c1-19(2)9-10-20-17-8-4-13(11-16(17)19)3-6-15-7-5-14(12-21-15)18(22)23/h4-5,7-8,11-12,20H,9-10H2,1-2H3,(H,22,23). The third-order valence-electron chi connectivity index (χ3n) is 4.16. The molecule has 2 aromatic rings. The average molecular weight is 306 g/mol. The average Bonchev–Trinajstić information content (AvgIpc) is 2.53. The Balaban J connectivity index is 1.88. The quantitative estimate of drug-likeness (QED) is 0.794. The van der Waals surface area contributed by atoms with Crippen LogP contribution in [0.5, 0.6) is 0 Å². The number of anilines is 1.